The Morgan fingerprint density at radius 2 is 1.79 bits per heavy atom. The Morgan fingerprint density at radius 1 is 1.10 bits per heavy atom. The largest absolute Gasteiger partial charge is 0.478 e. The van der Waals surface area contributed by atoms with E-state index in [-0.39, 0.29) is 23.7 Å². The van der Waals surface area contributed by atoms with Crippen molar-refractivity contribution in [3.05, 3.63) is 76.5 Å². The fraction of sp³-hybridized carbons (Fsp3) is 0.182. The number of hydrogen-bond donors (Lipinski definition) is 2. The molecule has 1 unspecified atom stereocenters. The van der Waals surface area contributed by atoms with Gasteiger partial charge in [-0.25, -0.2) is 9.48 Å². The Hall–Kier alpha value is -3.74. The Kier molecular flexibility index (Phi) is 4.50. The van der Waals surface area contributed by atoms with Gasteiger partial charge in [-0.05, 0) is 43.7 Å². The number of amides is 1. The third kappa shape index (κ3) is 3.20. The zero-order valence-electron chi connectivity index (χ0n) is 16.0. The molecule has 29 heavy (non-hydrogen) atoms. The van der Waals surface area contributed by atoms with Crippen molar-refractivity contribution >= 4 is 23.5 Å². The number of carboxylic acid groups (broad SMARTS) is 1. The van der Waals surface area contributed by atoms with Gasteiger partial charge in [-0.3, -0.25) is 9.59 Å². The maximum absolute atomic E-state index is 13.3. The predicted molar refractivity (Wildman–Crippen MR) is 107 cm³/mol. The molecule has 0 aliphatic carbocycles. The highest BCUT2D eigenvalue weighted by Crippen LogP contribution is 2.38. The number of benzene rings is 2. The number of Topliss-reactive ketones (excluding diaryl/α,β-unsaturated/α-hetero) is 1. The molecule has 0 spiro atoms. The molecule has 1 amide bonds. The number of aromatic nitrogens is 2. The average Bonchev–Trinajstić information content (AvgIpc) is 3.03. The van der Waals surface area contributed by atoms with Crippen LogP contribution in [0.3, 0.4) is 0 Å². The van der Waals surface area contributed by atoms with E-state index < -0.39 is 11.9 Å². The lowest BCUT2D eigenvalue weighted by Gasteiger charge is -2.23. The molecule has 146 valence electrons. The van der Waals surface area contributed by atoms with E-state index in [1.54, 1.807) is 29.8 Å². The molecule has 2 N–H and O–H groups in total. The summed E-state index contributed by atoms with van der Waals surface area (Å²) in [5.74, 6) is -1.55. The van der Waals surface area contributed by atoms with Crippen molar-refractivity contribution in [2.45, 2.75) is 26.2 Å². The fourth-order valence-corrected chi connectivity index (χ4v) is 3.74. The summed E-state index contributed by atoms with van der Waals surface area (Å²) >= 11 is 0. The van der Waals surface area contributed by atoms with Crippen LogP contribution in [0.1, 0.15) is 49.9 Å². The van der Waals surface area contributed by atoms with Crippen molar-refractivity contribution in [3.63, 3.8) is 0 Å². The van der Waals surface area contributed by atoms with Crippen LogP contribution < -0.4 is 5.32 Å². The van der Waals surface area contributed by atoms with Gasteiger partial charge in [-0.1, -0.05) is 24.3 Å². The topological polar surface area (TPSA) is 101 Å². The summed E-state index contributed by atoms with van der Waals surface area (Å²) in [5.41, 5.74) is 3.55. The number of carboxylic acids is 1. The number of rotatable bonds is 4. The minimum absolute atomic E-state index is 0.0602. The Balaban J connectivity index is 1.80. The van der Waals surface area contributed by atoms with Crippen molar-refractivity contribution in [2.24, 2.45) is 0 Å². The highest BCUT2D eigenvalue weighted by molar-refractivity contribution is 6.08. The molecule has 4 rings (SSSR count). The van der Waals surface area contributed by atoms with Crippen molar-refractivity contribution in [3.8, 4) is 5.69 Å². The summed E-state index contributed by atoms with van der Waals surface area (Å²) in [6, 6.07) is 13.5. The predicted octanol–water partition coefficient (Wildman–Crippen LogP) is 3.50. The van der Waals surface area contributed by atoms with Gasteiger partial charge in [0.05, 0.1) is 22.9 Å². The quantitative estimate of drug-likeness (QED) is 0.665. The van der Waals surface area contributed by atoms with E-state index >= 15 is 0 Å². The van der Waals surface area contributed by atoms with E-state index in [0.29, 0.717) is 28.3 Å². The molecular formula is C22H19N3O4. The third-order valence-electron chi connectivity index (χ3n) is 5.19. The van der Waals surface area contributed by atoms with Crippen LogP contribution in [0.25, 0.3) is 5.69 Å². The summed E-state index contributed by atoms with van der Waals surface area (Å²) in [7, 11) is 0. The number of ketones is 1. The second kappa shape index (κ2) is 7.01. The van der Waals surface area contributed by atoms with Crippen LogP contribution in [0.15, 0.2) is 48.5 Å². The molecule has 0 bridgehead atoms. The van der Waals surface area contributed by atoms with Gasteiger partial charge in [0.2, 0.25) is 5.91 Å². The number of nitrogens with one attached hydrogen (secondary N) is 1. The number of aryl methyl sites for hydroxylation is 2. The van der Waals surface area contributed by atoms with Gasteiger partial charge in [0, 0.05) is 17.5 Å². The number of aromatic carboxylic acids is 1. The van der Waals surface area contributed by atoms with Crippen LogP contribution >= 0.6 is 0 Å². The van der Waals surface area contributed by atoms with E-state index in [1.165, 1.54) is 12.1 Å². The average molecular weight is 389 g/mol. The number of carbonyl (C=O) groups excluding carboxylic acids is 2. The lowest BCUT2D eigenvalue weighted by Crippen LogP contribution is -2.28. The molecule has 1 aliphatic heterocycles. The lowest BCUT2D eigenvalue weighted by atomic mass is 9.84. The summed E-state index contributed by atoms with van der Waals surface area (Å²) in [6.45, 7) is 3.67. The maximum atomic E-state index is 13.3. The number of fused-ring (bicyclic) bond motifs is 1. The van der Waals surface area contributed by atoms with Crippen LogP contribution in [0, 0.1) is 13.8 Å². The number of nitrogens with zero attached hydrogens (tertiary/aromatic N) is 2. The fourth-order valence-electron chi connectivity index (χ4n) is 3.74. The van der Waals surface area contributed by atoms with Gasteiger partial charge in [0.15, 0.2) is 5.78 Å². The summed E-state index contributed by atoms with van der Waals surface area (Å²) < 4.78 is 1.55. The van der Waals surface area contributed by atoms with Gasteiger partial charge in [-0.2, -0.15) is 5.10 Å². The molecule has 0 fully saturated rings. The Morgan fingerprint density at radius 3 is 2.45 bits per heavy atom. The summed E-state index contributed by atoms with van der Waals surface area (Å²) in [6.07, 6.45) is 0.0602. The number of anilines is 1. The van der Waals surface area contributed by atoms with Crippen LogP contribution in [-0.2, 0) is 4.79 Å². The molecule has 3 aromatic rings. The van der Waals surface area contributed by atoms with Crippen LogP contribution in [0.4, 0.5) is 5.82 Å². The van der Waals surface area contributed by atoms with Crippen LogP contribution in [0.5, 0.6) is 0 Å². The van der Waals surface area contributed by atoms with Gasteiger partial charge in [0.25, 0.3) is 0 Å². The molecule has 7 heteroatoms. The first kappa shape index (κ1) is 18.6. The minimum Gasteiger partial charge on any atom is -0.478 e. The second-order valence-corrected chi connectivity index (χ2v) is 7.10. The molecular weight excluding hydrogens is 370 g/mol. The zero-order chi connectivity index (χ0) is 20.7. The number of carbonyl (C=O) groups is 3. The first-order chi connectivity index (χ1) is 13.9. The van der Waals surface area contributed by atoms with Gasteiger partial charge in [-0.15, -0.1) is 0 Å². The summed E-state index contributed by atoms with van der Waals surface area (Å²) in [5, 5.41) is 16.4. The lowest BCUT2D eigenvalue weighted by molar-refractivity contribution is -0.116. The third-order valence-corrected chi connectivity index (χ3v) is 5.19. The van der Waals surface area contributed by atoms with Crippen molar-refractivity contribution in [1.82, 2.24) is 9.78 Å². The van der Waals surface area contributed by atoms with Gasteiger partial charge < -0.3 is 10.4 Å². The standard InChI is InChI=1S/C22H19N3O4/c1-12-5-3-4-6-16(12)20(27)17-11-18(26)23-21-19(17)13(2)24-25(21)15-9-7-14(8-10-15)22(28)29/h3-10,17H,11H2,1-2H3,(H,23,26)(H,28,29). The second-order valence-electron chi connectivity index (χ2n) is 7.10. The van der Waals surface area contributed by atoms with Crippen LogP contribution in [-0.4, -0.2) is 32.5 Å². The van der Waals surface area contributed by atoms with E-state index in [2.05, 4.69) is 10.4 Å². The highest BCUT2D eigenvalue weighted by Gasteiger charge is 2.36. The number of hydrogen-bond acceptors (Lipinski definition) is 4. The molecule has 7 nitrogen and oxygen atoms in total. The molecule has 1 aromatic heterocycles. The van der Waals surface area contributed by atoms with Gasteiger partial charge in [0.1, 0.15) is 5.82 Å². The van der Waals surface area contributed by atoms with Crippen LogP contribution in [0.2, 0.25) is 0 Å². The van der Waals surface area contributed by atoms with E-state index in [0.717, 1.165) is 5.56 Å². The Labute approximate surface area is 167 Å². The molecule has 0 saturated carbocycles. The normalized spacial score (nSPS) is 15.5. The molecule has 1 atom stereocenters. The van der Waals surface area contributed by atoms with Crippen molar-refractivity contribution < 1.29 is 19.5 Å². The molecule has 0 radical (unpaired) electrons. The first-order valence-corrected chi connectivity index (χ1v) is 9.19. The summed E-state index contributed by atoms with van der Waals surface area (Å²) in [4.78, 5) is 36.8. The van der Waals surface area contributed by atoms with Crippen molar-refractivity contribution in [2.75, 3.05) is 5.32 Å². The van der Waals surface area contributed by atoms with E-state index in [4.69, 9.17) is 5.11 Å². The molecule has 1 aliphatic rings. The minimum atomic E-state index is -1.02. The monoisotopic (exact) mass is 389 g/mol. The van der Waals surface area contributed by atoms with Crippen molar-refractivity contribution in [1.29, 1.82) is 0 Å². The molecule has 2 heterocycles. The van der Waals surface area contributed by atoms with E-state index in [1.807, 2.05) is 25.1 Å². The molecule has 2 aromatic carbocycles. The van der Waals surface area contributed by atoms with Gasteiger partial charge >= 0.3 is 5.97 Å². The van der Waals surface area contributed by atoms with E-state index in [9.17, 15) is 14.4 Å². The smallest absolute Gasteiger partial charge is 0.335 e. The SMILES string of the molecule is Cc1ccccc1C(=O)C1CC(=O)Nc2c1c(C)nn2-c1ccc(C(=O)O)cc1. The molecule has 0 saturated heterocycles. The Bertz CT molecular complexity index is 1150. The maximum Gasteiger partial charge on any atom is 0.335 e. The highest BCUT2D eigenvalue weighted by atomic mass is 16.4. The first-order valence-electron chi connectivity index (χ1n) is 9.19. The zero-order valence-corrected chi connectivity index (χ0v) is 16.0.